The van der Waals surface area contributed by atoms with E-state index >= 15 is 4.39 Å². The average Bonchev–Trinajstić information content (AvgIpc) is 3.06. The topological polar surface area (TPSA) is 76.1 Å². The summed E-state index contributed by atoms with van der Waals surface area (Å²) in [5.41, 5.74) is 7.08. The molecule has 0 saturated carbocycles. The normalized spacial score (nSPS) is 22.2. The summed E-state index contributed by atoms with van der Waals surface area (Å²) in [5, 5.41) is 18.2. The third kappa shape index (κ3) is 2.93. The van der Waals surface area contributed by atoms with Gasteiger partial charge in [-0.1, -0.05) is 30.3 Å². The quantitative estimate of drug-likeness (QED) is 0.641. The minimum Gasteiger partial charge on any atom is -0.374 e. The monoisotopic (exact) mass is 340 g/mol. The van der Waals surface area contributed by atoms with Gasteiger partial charge in [-0.05, 0) is 37.1 Å². The van der Waals surface area contributed by atoms with Gasteiger partial charge in [-0.25, -0.2) is 9.07 Å². The summed E-state index contributed by atoms with van der Waals surface area (Å²) in [6.07, 6.45) is 2.19. The predicted molar refractivity (Wildman–Crippen MR) is 95.1 cm³/mol. The molecule has 2 heterocycles. The van der Waals surface area contributed by atoms with Gasteiger partial charge in [0, 0.05) is 23.7 Å². The van der Waals surface area contributed by atoms with E-state index in [1.807, 2.05) is 42.6 Å². The highest BCUT2D eigenvalue weighted by Gasteiger charge is 2.33. The Kier molecular flexibility index (Phi) is 4.03. The number of nitrogens with two attached hydrogens (primary N) is 1. The van der Waals surface area contributed by atoms with Gasteiger partial charge in [0.25, 0.3) is 0 Å². The van der Waals surface area contributed by atoms with Gasteiger partial charge < -0.3 is 16.2 Å². The second-order valence-electron chi connectivity index (χ2n) is 6.60. The van der Waals surface area contributed by atoms with Gasteiger partial charge in [0.1, 0.15) is 11.9 Å². The first-order valence-electron chi connectivity index (χ1n) is 8.49. The van der Waals surface area contributed by atoms with Crippen molar-refractivity contribution in [1.82, 2.24) is 15.1 Å². The van der Waals surface area contributed by atoms with Crippen molar-refractivity contribution in [3.8, 4) is 5.69 Å². The van der Waals surface area contributed by atoms with Crippen LogP contribution in [0.2, 0.25) is 0 Å². The summed E-state index contributed by atoms with van der Waals surface area (Å²) in [7, 11) is 0. The molecule has 1 aromatic heterocycles. The third-order valence-corrected chi connectivity index (χ3v) is 4.87. The van der Waals surface area contributed by atoms with Gasteiger partial charge in [-0.2, -0.15) is 5.10 Å². The van der Waals surface area contributed by atoms with Crippen LogP contribution in [0.4, 0.5) is 4.39 Å². The van der Waals surface area contributed by atoms with E-state index in [4.69, 9.17) is 5.73 Å². The van der Waals surface area contributed by atoms with Crippen molar-refractivity contribution in [2.45, 2.75) is 24.7 Å². The Bertz CT molecular complexity index is 882. The van der Waals surface area contributed by atoms with Gasteiger partial charge in [0.15, 0.2) is 0 Å². The van der Waals surface area contributed by atoms with Crippen LogP contribution in [0.25, 0.3) is 16.6 Å². The second-order valence-corrected chi connectivity index (χ2v) is 6.60. The lowest BCUT2D eigenvalue weighted by atomic mass is 9.88. The number of benzene rings is 2. The van der Waals surface area contributed by atoms with E-state index in [0.717, 1.165) is 24.0 Å². The number of hydrogen-bond acceptors (Lipinski definition) is 4. The summed E-state index contributed by atoms with van der Waals surface area (Å²) in [6.45, 7) is 1.23. The Morgan fingerprint density at radius 3 is 2.72 bits per heavy atom. The predicted octanol–water partition coefficient (Wildman–Crippen LogP) is 2.52. The van der Waals surface area contributed by atoms with Crippen molar-refractivity contribution in [2.24, 2.45) is 5.73 Å². The average molecular weight is 340 g/mol. The zero-order valence-corrected chi connectivity index (χ0v) is 13.8. The van der Waals surface area contributed by atoms with Crippen LogP contribution in [-0.4, -0.2) is 28.0 Å². The van der Waals surface area contributed by atoms with E-state index in [2.05, 4.69) is 10.4 Å². The highest BCUT2D eigenvalue weighted by atomic mass is 19.1. The minimum atomic E-state index is -1.30. The molecule has 1 aliphatic heterocycles. The first kappa shape index (κ1) is 16.2. The molecule has 1 unspecified atom stereocenters. The molecule has 0 aliphatic carbocycles. The van der Waals surface area contributed by atoms with E-state index in [-0.39, 0.29) is 0 Å². The molecule has 4 N–H and O–H groups in total. The maximum absolute atomic E-state index is 15.0. The number of alkyl halides is 1. The Balaban J connectivity index is 1.68. The lowest BCUT2D eigenvalue weighted by Gasteiger charge is -2.30. The van der Waals surface area contributed by atoms with E-state index in [9.17, 15) is 5.11 Å². The number of fused-ring (bicyclic) bond motifs is 1. The van der Waals surface area contributed by atoms with E-state index in [1.165, 1.54) is 0 Å². The molecule has 4 rings (SSSR count). The van der Waals surface area contributed by atoms with Crippen LogP contribution in [0.15, 0.2) is 48.7 Å². The molecule has 0 spiro atoms. The largest absolute Gasteiger partial charge is 0.374 e. The molecule has 5 nitrogen and oxygen atoms in total. The number of aliphatic hydroxyl groups excluding tert-OH is 1. The number of halogens is 1. The summed E-state index contributed by atoms with van der Waals surface area (Å²) in [5.74, 6) is 0. The molecule has 1 aliphatic rings. The third-order valence-electron chi connectivity index (χ3n) is 4.87. The minimum absolute atomic E-state index is 0.357. The van der Waals surface area contributed by atoms with Crippen LogP contribution in [0.3, 0.4) is 0 Å². The number of aliphatic hydroxyl groups is 1. The molecule has 1 saturated heterocycles. The van der Waals surface area contributed by atoms with Gasteiger partial charge in [0.2, 0.25) is 0 Å². The number of aromatic nitrogens is 2. The molecular formula is C19H21FN4O. The molecule has 6 heteroatoms. The molecule has 3 aromatic rings. The molecule has 2 aromatic carbocycles. The van der Waals surface area contributed by atoms with Crippen LogP contribution in [0.5, 0.6) is 0 Å². The molecular weight excluding hydrogens is 319 g/mol. The van der Waals surface area contributed by atoms with Crippen molar-refractivity contribution in [3.05, 3.63) is 59.8 Å². The van der Waals surface area contributed by atoms with Crippen LogP contribution in [0.1, 0.15) is 30.2 Å². The molecule has 130 valence electrons. The van der Waals surface area contributed by atoms with Gasteiger partial charge in [0.05, 0.1) is 11.2 Å². The van der Waals surface area contributed by atoms with Crippen LogP contribution < -0.4 is 11.1 Å². The van der Waals surface area contributed by atoms with E-state index in [0.29, 0.717) is 29.6 Å². The highest BCUT2D eigenvalue weighted by Crippen LogP contribution is 2.33. The van der Waals surface area contributed by atoms with Crippen LogP contribution >= 0.6 is 0 Å². The van der Waals surface area contributed by atoms with E-state index in [1.54, 1.807) is 10.7 Å². The van der Waals surface area contributed by atoms with Crippen molar-refractivity contribution in [3.63, 3.8) is 0 Å². The fourth-order valence-electron chi connectivity index (χ4n) is 3.47. The molecule has 2 atom stereocenters. The molecule has 0 bridgehead atoms. The summed E-state index contributed by atoms with van der Waals surface area (Å²) >= 11 is 0. The summed E-state index contributed by atoms with van der Waals surface area (Å²) in [6, 6.07) is 12.9. The van der Waals surface area contributed by atoms with Crippen molar-refractivity contribution >= 4 is 10.9 Å². The zero-order valence-electron chi connectivity index (χ0n) is 13.8. The SMILES string of the molecule is NC(O)c1cccc2cn(-c3ccc([C@]4(F)CCCNC4)cc3)nc12. The maximum atomic E-state index is 15.0. The molecule has 0 amide bonds. The summed E-state index contributed by atoms with van der Waals surface area (Å²) in [4.78, 5) is 0. The molecule has 1 fully saturated rings. The van der Waals surface area contributed by atoms with Gasteiger partial charge in [-0.3, -0.25) is 0 Å². The zero-order chi connectivity index (χ0) is 17.4. The number of rotatable bonds is 3. The lowest BCUT2D eigenvalue weighted by molar-refractivity contribution is 0.122. The Labute approximate surface area is 145 Å². The first-order chi connectivity index (χ1) is 12.1. The molecule has 0 radical (unpaired) electrons. The molecule has 25 heavy (non-hydrogen) atoms. The summed E-state index contributed by atoms with van der Waals surface area (Å²) < 4.78 is 16.7. The second kappa shape index (κ2) is 6.22. The van der Waals surface area contributed by atoms with Crippen LogP contribution in [0, 0.1) is 0 Å². The van der Waals surface area contributed by atoms with Gasteiger partial charge >= 0.3 is 0 Å². The van der Waals surface area contributed by atoms with Crippen molar-refractivity contribution in [2.75, 3.05) is 13.1 Å². The number of hydrogen-bond donors (Lipinski definition) is 3. The van der Waals surface area contributed by atoms with Crippen molar-refractivity contribution in [1.29, 1.82) is 0 Å². The fraction of sp³-hybridized carbons (Fsp3) is 0.316. The first-order valence-corrected chi connectivity index (χ1v) is 8.49. The van der Waals surface area contributed by atoms with Crippen LogP contribution in [-0.2, 0) is 5.67 Å². The van der Waals surface area contributed by atoms with Crippen molar-refractivity contribution < 1.29 is 9.50 Å². The number of piperidine rings is 1. The standard InChI is InChI=1S/C19H21FN4O/c20-19(9-2-10-22-12-19)14-5-7-15(8-6-14)24-11-13-3-1-4-16(18(21)25)17(13)23-24/h1,3-8,11,18,22,25H,2,9-10,12,21H2/t18?,19-/m0/s1. The number of nitrogens with zero attached hydrogens (tertiary/aromatic N) is 2. The van der Waals surface area contributed by atoms with Gasteiger partial charge in [-0.15, -0.1) is 0 Å². The Morgan fingerprint density at radius 2 is 2.04 bits per heavy atom. The smallest absolute Gasteiger partial charge is 0.148 e. The Morgan fingerprint density at radius 1 is 1.24 bits per heavy atom. The maximum Gasteiger partial charge on any atom is 0.148 e. The highest BCUT2D eigenvalue weighted by molar-refractivity contribution is 5.82. The Hall–Kier alpha value is -2.28. The van der Waals surface area contributed by atoms with E-state index < -0.39 is 11.9 Å². The fourth-order valence-corrected chi connectivity index (χ4v) is 3.47. The number of nitrogens with one attached hydrogen (secondary N) is 1. The lowest BCUT2D eigenvalue weighted by Crippen LogP contribution is -2.40.